The Balaban J connectivity index is 1.35. The average Bonchev–Trinajstić information content (AvgIpc) is 3.19. The number of fused-ring (bicyclic) bond motifs is 1. The zero-order chi connectivity index (χ0) is 19.0. The lowest BCUT2D eigenvalue weighted by Gasteiger charge is -2.24. The van der Waals surface area contributed by atoms with Crippen LogP contribution in [0.4, 0.5) is 5.82 Å². The second-order valence-corrected chi connectivity index (χ2v) is 8.79. The highest BCUT2D eigenvalue weighted by Crippen LogP contribution is 2.34. The Morgan fingerprint density at radius 3 is 2.44 bits per heavy atom. The Labute approximate surface area is 160 Å². The summed E-state index contributed by atoms with van der Waals surface area (Å²) in [6, 6.07) is 3.96. The van der Waals surface area contributed by atoms with Gasteiger partial charge in [0.1, 0.15) is 12.1 Å². The highest BCUT2D eigenvalue weighted by atomic mass is 16.1. The van der Waals surface area contributed by atoms with Crippen molar-refractivity contribution in [2.24, 2.45) is 11.8 Å². The van der Waals surface area contributed by atoms with Crippen LogP contribution in [0.15, 0.2) is 35.6 Å². The van der Waals surface area contributed by atoms with Gasteiger partial charge in [0, 0.05) is 63.1 Å². The minimum atomic E-state index is -0.165. The van der Waals surface area contributed by atoms with E-state index in [1.807, 2.05) is 12.3 Å². The molecule has 2 fully saturated rings. The number of hydrogen-bond donors (Lipinski definition) is 0. The molecule has 2 aliphatic rings. The fraction of sp³-hybridized carbons (Fsp3) is 0.600. The summed E-state index contributed by atoms with van der Waals surface area (Å²) in [5.74, 6) is 2.39. The van der Waals surface area contributed by atoms with Gasteiger partial charge >= 0.3 is 5.69 Å². The van der Waals surface area contributed by atoms with Gasteiger partial charge in [0.2, 0.25) is 0 Å². The van der Waals surface area contributed by atoms with E-state index < -0.39 is 0 Å². The average molecular weight is 368 g/mol. The molecule has 0 aliphatic carbocycles. The standard InChI is InChI=1S/C20H28N6O/c1-20(2,3)17-9-18(23-14-22-17)26-12-15-10-24(11-16(15)13-26)7-8-25-6-4-5-21-19(25)27/h4-6,9,14-16H,7-8,10-13H2,1-3H3. The molecule has 4 rings (SSSR count). The lowest BCUT2D eigenvalue weighted by Crippen LogP contribution is -2.33. The molecule has 7 nitrogen and oxygen atoms in total. The Bertz CT molecular complexity index is 844. The van der Waals surface area contributed by atoms with Gasteiger partial charge in [-0.05, 0) is 17.9 Å². The molecule has 0 spiro atoms. The lowest BCUT2D eigenvalue weighted by atomic mass is 9.92. The van der Waals surface area contributed by atoms with Crippen LogP contribution in [0.5, 0.6) is 0 Å². The molecule has 0 amide bonds. The van der Waals surface area contributed by atoms with Crippen molar-refractivity contribution in [1.29, 1.82) is 0 Å². The van der Waals surface area contributed by atoms with Gasteiger partial charge in [0.05, 0.1) is 5.69 Å². The first-order chi connectivity index (χ1) is 12.9. The molecule has 0 radical (unpaired) electrons. The van der Waals surface area contributed by atoms with E-state index in [-0.39, 0.29) is 11.1 Å². The van der Waals surface area contributed by atoms with E-state index in [2.05, 4.69) is 51.6 Å². The van der Waals surface area contributed by atoms with E-state index in [0.717, 1.165) is 44.2 Å². The molecule has 2 atom stereocenters. The van der Waals surface area contributed by atoms with Crippen molar-refractivity contribution in [2.75, 3.05) is 37.6 Å². The monoisotopic (exact) mass is 368 g/mol. The highest BCUT2D eigenvalue weighted by molar-refractivity contribution is 5.42. The zero-order valence-electron chi connectivity index (χ0n) is 16.4. The Morgan fingerprint density at radius 2 is 1.78 bits per heavy atom. The molecule has 0 N–H and O–H groups in total. The number of anilines is 1. The normalized spacial score (nSPS) is 23.0. The quantitative estimate of drug-likeness (QED) is 0.813. The van der Waals surface area contributed by atoms with Gasteiger partial charge in [-0.3, -0.25) is 4.57 Å². The molecule has 144 valence electrons. The third kappa shape index (κ3) is 3.88. The molecule has 27 heavy (non-hydrogen) atoms. The van der Waals surface area contributed by atoms with Gasteiger partial charge < -0.3 is 9.80 Å². The van der Waals surface area contributed by atoms with E-state index in [4.69, 9.17) is 0 Å². The highest BCUT2D eigenvalue weighted by Gasteiger charge is 2.40. The third-order valence-corrected chi connectivity index (χ3v) is 5.75. The van der Waals surface area contributed by atoms with Crippen LogP contribution in [0, 0.1) is 11.8 Å². The number of aromatic nitrogens is 4. The smallest absolute Gasteiger partial charge is 0.347 e. The maximum absolute atomic E-state index is 11.7. The first kappa shape index (κ1) is 18.1. The molecule has 0 saturated carbocycles. The first-order valence-corrected chi connectivity index (χ1v) is 9.71. The molecule has 2 aliphatic heterocycles. The summed E-state index contributed by atoms with van der Waals surface area (Å²) in [4.78, 5) is 29.4. The van der Waals surface area contributed by atoms with Crippen molar-refractivity contribution in [1.82, 2.24) is 24.4 Å². The van der Waals surface area contributed by atoms with Crippen molar-refractivity contribution >= 4 is 5.82 Å². The maximum Gasteiger partial charge on any atom is 0.347 e. The second kappa shape index (κ2) is 7.03. The molecular formula is C20H28N6O. The van der Waals surface area contributed by atoms with Crippen molar-refractivity contribution < 1.29 is 0 Å². The van der Waals surface area contributed by atoms with Crippen molar-refractivity contribution in [3.63, 3.8) is 0 Å². The topological polar surface area (TPSA) is 67.2 Å². The predicted octanol–water partition coefficient (Wildman–Crippen LogP) is 1.40. The van der Waals surface area contributed by atoms with Gasteiger partial charge in [0.15, 0.2) is 0 Å². The van der Waals surface area contributed by atoms with Crippen molar-refractivity contribution in [3.05, 3.63) is 47.0 Å². The number of nitrogens with zero attached hydrogens (tertiary/aromatic N) is 6. The van der Waals surface area contributed by atoms with Crippen LogP contribution in [-0.4, -0.2) is 57.1 Å². The summed E-state index contributed by atoms with van der Waals surface area (Å²) in [5, 5.41) is 0. The second-order valence-electron chi connectivity index (χ2n) is 8.79. The van der Waals surface area contributed by atoms with Crippen LogP contribution >= 0.6 is 0 Å². The van der Waals surface area contributed by atoms with Crippen LogP contribution in [-0.2, 0) is 12.0 Å². The molecule has 4 heterocycles. The van der Waals surface area contributed by atoms with Crippen LogP contribution in [0.2, 0.25) is 0 Å². The van der Waals surface area contributed by atoms with E-state index in [1.54, 1.807) is 17.1 Å². The molecule has 7 heteroatoms. The Kier molecular flexibility index (Phi) is 4.72. The minimum Gasteiger partial charge on any atom is -0.356 e. The van der Waals surface area contributed by atoms with Gasteiger partial charge in [-0.2, -0.15) is 0 Å². The molecular weight excluding hydrogens is 340 g/mol. The van der Waals surface area contributed by atoms with E-state index in [0.29, 0.717) is 18.4 Å². The SMILES string of the molecule is CC(C)(C)c1cc(N2CC3CN(CCn4cccnc4=O)CC3C2)ncn1. The third-order valence-electron chi connectivity index (χ3n) is 5.75. The summed E-state index contributed by atoms with van der Waals surface area (Å²) in [6.45, 7) is 12.4. The summed E-state index contributed by atoms with van der Waals surface area (Å²) in [7, 11) is 0. The summed E-state index contributed by atoms with van der Waals surface area (Å²) >= 11 is 0. The summed E-state index contributed by atoms with van der Waals surface area (Å²) in [5.41, 5.74) is 0.962. The van der Waals surface area contributed by atoms with Crippen LogP contribution in [0.25, 0.3) is 0 Å². The number of likely N-dealkylation sites (tertiary alicyclic amines) is 1. The lowest BCUT2D eigenvalue weighted by molar-refractivity contribution is 0.300. The maximum atomic E-state index is 11.7. The van der Waals surface area contributed by atoms with Gasteiger partial charge in [-0.1, -0.05) is 20.8 Å². The van der Waals surface area contributed by atoms with Crippen LogP contribution < -0.4 is 10.6 Å². The Morgan fingerprint density at radius 1 is 1.04 bits per heavy atom. The summed E-state index contributed by atoms with van der Waals surface area (Å²) < 4.78 is 1.69. The van der Waals surface area contributed by atoms with Gasteiger partial charge in [0.25, 0.3) is 0 Å². The zero-order valence-corrected chi connectivity index (χ0v) is 16.4. The number of hydrogen-bond acceptors (Lipinski definition) is 6. The fourth-order valence-corrected chi connectivity index (χ4v) is 4.20. The molecule has 2 aromatic heterocycles. The largest absolute Gasteiger partial charge is 0.356 e. The van der Waals surface area contributed by atoms with Crippen LogP contribution in [0.3, 0.4) is 0 Å². The van der Waals surface area contributed by atoms with Gasteiger partial charge in [-0.15, -0.1) is 0 Å². The first-order valence-electron chi connectivity index (χ1n) is 9.71. The Hall–Kier alpha value is -2.28. The van der Waals surface area contributed by atoms with E-state index in [1.165, 1.54) is 0 Å². The van der Waals surface area contributed by atoms with Crippen molar-refractivity contribution in [3.8, 4) is 0 Å². The molecule has 2 saturated heterocycles. The predicted molar refractivity (Wildman–Crippen MR) is 105 cm³/mol. The minimum absolute atomic E-state index is 0.0362. The molecule has 2 aromatic rings. The van der Waals surface area contributed by atoms with E-state index >= 15 is 0 Å². The molecule has 2 unspecified atom stereocenters. The molecule has 0 bridgehead atoms. The van der Waals surface area contributed by atoms with Crippen LogP contribution in [0.1, 0.15) is 26.5 Å². The fourth-order valence-electron chi connectivity index (χ4n) is 4.20. The van der Waals surface area contributed by atoms with E-state index in [9.17, 15) is 4.79 Å². The molecule has 0 aromatic carbocycles. The van der Waals surface area contributed by atoms with Gasteiger partial charge in [-0.25, -0.2) is 19.7 Å². The van der Waals surface area contributed by atoms with Crippen molar-refractivity contribution in [2.45, 2.75) is 32.7 Å². The summed E-state index contributed by atoms with van der Waals surface area (Å²) in [6.07, 6.45) is 5.06. The number of rotatable bonds is 4.